The monoisotopic (exact) mass is 233 g/mol. The van der Waals surface area contributed by atoms with Crippen LogP contribution in [0, 0.1) is 0 Å². The van der Waals surface area contributed by atoms with Crippen LogP contribution in [-0.4, -0.2) is 25.7 Å². The highest BCUT2D eigenvalue weighted by atomic mass is 16.5. The molecule has 2 rings (SSSR count). The maximum absolute atomic E-state index is 11.2. The molecule has 1 unspecified atom stereocenters. The van der Waals surface area contributed by atoms with Crippen molar-refractivity contribution in [1.29, 1.82) is 0 Å². The maximum atomic E-state index is 11.2. The van der Waals surface area contributed by atoms with Crippen LogP contribution in [0.5, 0.6) is 0 Å². The Morgan fingerprint density at radius 1 is 1.47 bits per heavy atom. The molecule has 0 aliphatic carbocycles. The van der Waals surface area contributed by atoms with Crippen molar-refractivity contribution in [2.45, 2.75) is 32.2 Å². The molecule has 3 nitrogen and oxygen atoms in total. The molecule has 0 aromatic heterocycles. The summed E-state index contributed by atoms with van der Waals surface area (Å²) in [5.41, 5.74) is 2.67. The van der Waals surface area contributed by atoms with Gasteiger partial charge >= 0.3 is 5.97 Å². The van der Waals surface area contributed by atoms with Gasteiger partial charge in [0.25, 0.3) is 0 Å². The topological polar surface area (TPSA) is 29.5 Å². The fraction of sp³-hybridized carbons (Fsp3) is 0.500. The van der Waals surface area contributed by atoms with Gasteiger partial charge in [-0.3, -0.25) is 4.79 Å². The van der Waals surface area contributed by atoms with Crippen molar-refractivity contribution in [3.8, 4) is 0 Å². The van der Waals surface area contributed by atoms with Crippen LogP contribution in [0.4, 0.5) is 5.69 Å². The third kappa shape index (κ3) is 2.43. The van der Waals surface area contributed by atoms with Gasteiger partial charge in [0.15, 0.2) is 0 Å². The summed E-state index contributed by atoms with van der Waals surface area (Å²) < 4.78 is 4.70. The van der Waals surface area contributed by atoms with Crippen molar-refractivity contribution >= 4 is 11.7 Å². The number of carbonyl (C=O) groups excluding carboxylic acids is 1. The van der Waals surface area contributed by atoms with Gasteiger partial charge in [-0.05, 0) is 24.5 Å². The lowest BCUT2D eigenvalue weighted by molar-refractivity contribution is -0.140. The van der Waals surface area contributed by atoms with Crippen LogP contribution in [-0.2, 0) is 16.0 Å². The third-order valence-electron chi connectivity index (χ3n) is 3.45. The number of hydrogen-bond acceptors (Lipinski definition) is 3. The number of ether oxygens (including phenoxy) is 1. The van der Waals surface area contributed by atoms with Crippen LogP contribution in [0.2, 0.25) is 0 Å². The van der Waals surface area contributed by atoms with Crippen LogP contribution in [0.1, 0.15) is 25.3 Å². The highest BCUT2D eigenvalue weighted by Crippen LogP contribution is 2.33. The van der Waals surface area contributed by atoms with E-state index in [1.165, 1.54) is 18.4 Å². The van der Waals surface area contributed by atoms with Crippen LogP contribution >= 0.6 is 0 Å². The van der Waals surface area contributed by atoms with Gasteiger partial charge in [-0.25, -0.2) is 0 Å². The summed E-state index contributed by atoms with van der Waals surface area (Å²) in [5.74, 6) is -0.135. The summed E-state index contributed by atoms with van der Waals surface area (Å²) in [6.45, 7) is 2.95. The number of carbonyl (C=O) groups is 1. The fourth-order valence-corrected chi connectivity index (χ4v) is 2.51. The van der Waals surface area contributed by atoms with E-state index in [9.17, 15) is 4.79 Å². The molecule has 0 saturated carbocycles. The quantitative estimate of drug-likeness (QED) is 0.748. The molecule has 0 bridgehead atoms. The normalized spacial score (nSPS) is 18.0. The zero-order chi connectivity index (χ0) is 12.3. The zero-order valence-corrected chi connectivity index (χ0v) is 10.5. The predicted octanol–water partition coefficient (Wildman–Crippen LogP) is 2.39. The molecule has 0 N–H and O–H groups in total. The van der Waals surface area contributed by atoms with Crippen LogP contribution in [0.15, 0.2) is 24.3 Å². The number of para-hydroxylation sites is 1. The SMILES string of the molecule is CCC1Cc2ccccc2N1CCC(=O)OC. The highest BCUT2D eigenvalue weighted by Gasteiger charge is 2.27. The van der Waals surface area contributed by atoms with Gasteiger partial charge < -0.3 is 9.64 Å². The second kappa shape index (κ2) is 5.21. The van der Waals surface area contributed by atoms with Crippen molar-refractivity contribution in [3.05, 3.63) is 29.8 Å². The number of hydrogen-bond donors (Lipinski definition) is 0. The molecule has 0 spiro atoms. The Morgan fingerprint density at radius 3 is 2.94 bits per heavy atom. The van der Waals surface area contributed by atoms with Gasteiger partial charge in [0.05, 0.1) is 13.5 Å². The molecule has 92 valence electrons. The molecule has 1 aromatic rings. The average Bonchev–Trinajstić information content (AvgIpc) is 2.73. The number of nitrogens with zero attached hydrogens (tertiary/aromatic N) is 1. The fourth-order valence-electron chi connectivity index (χ4n) is 2.51. The van der Waals surface area contributed by atoms with Crippen molar-refractivity contribution in [2.75, 3.05) is 18.6 Å². The molecular weight excluding hydrogens is 214 g/mol. The van der Waals surface area contributed by atoms with Gasteiger partial charge in [0.1, 0.15) is 0 Å². The van der Waals surface area contributed by atoms with Crippen LogP contribution in [0.25, 0.3) is 0 Å². The van der Waals surface area contributed by atoms with Crippen molar-refractivity contribution in [1.82, 2.24) is 0 Å². The number of esters is 1. The molecule has 3 heteroatoms. The van der Waals surface area contributed by atoms with E-state index in [1.54, 1.807) is 0 Å². The van der Waals surface area contributed by atoms with E-state index in [-0.39, 0.29) is 5.97 Å². The first kappa shape index (κ1) is 12.0. The summed E-state index contributed by atoms with van der Waals surface area (Å²) in [6, 6.07) is 8.98. The average molecular weight is 233 g/mol. The second-order valence-corrected chi connectivity index (χ2v) is 4.41. The molecule has 0 saturated heterocycles. The van der Waals surface area contributed by atoms with E-state index in [4.69, 9.17) is 4.74 Å². The first-order valence-corrected chi connectivity index (χ1v) is 6.17. The zero-order valence-electron chi connectivity index (χ0n) is 10.5. The lowest BCUT2D eigenvalue weighted by Gasteiger charge is -2.26. The third-order valence-corrected chi connectivity index (χ3v) is 3.45. The summed E-state index contributed by atoms with van der Waals surface area (Å²) in [4.78, 5) is 13.6. The standard InChI is InChI=1S/C14H19NO2/c1-3-12-10-11-6-4-5-7-13(11)15(12)9-8-14(16)17-2/h4-7,12H,3,8-10H2,1-2H3. The number of methoxy groups -OCH3 is 1. The van der Waals surface area contributed by atoms with Crippen molar-refractivity contribution in [3.63, 3.8) is 0 Å². The first-order chi connectivity index (χ1) is 8.26. The minimum atomic E-state index is -0.135. The Kier molecular flexibility index (Phi) is 3.67. The Hall–Kier alpha value is -1.51. The summed E-state index contributed by atoms with van der Waals surface area (Å²) >= 11 is 0. The van der Waals surface area contributed by atoms with Crippen molar-refractivity contribution in [2.24, 2.45) is 0 Å². The Bertz CT molecular complexity index is 403. The Balaban J connectivity index is 2.10. The lowest BCUT2D eigenvalue weighted by atomic mass is 10.1. The maximum Gasteiger partial charge on any atom is 0.307 e. The molecule has 1 aliphatic rings. The van der Waals surface area contributed by atoms with Gasteiger partial charge in [-0.2, -0.15) is 0 Å². The molecule has 0 fully saturated rings. The van der Waals surface area contributed by atoms with E-state index >= 15 is 0 Å². The molecule has 1 atom stereocenters. The van der Waals surface area contributed by atoms with Gasteiger partial charge in [0, 0.05) is 18.3 Å². The molecule has 1 aliphatic heterocycles. The lowest BCUT2D eigenvalue weighted by Crippen LogP contribution is -2.33. The van der Waals surface area contributed by atoms with Crippen molar-refractivity contribution < 1.29 is 9.53 Å². The van der Waals surface area contributed by atoms with E-state index in [2.05, 4.69) is 36.1 Å². The molecular formula is C14H19NO2. The van der Waals surface area contributed by atoms with Crippen LogP contribution < -0.4 is 4.90 Å². The predicted molar refractivity (Wildman–Crippen MR) is 68.2 cm³/mol. The largest absolute Gasteiger partial charge is 0.469 e. The second-order valence-electron chi connectivity index (χ2n) is 4.41. The molecule has 17 heavy (non-hydrogen) atoms. The smallest absolute Gasteiger partial charge is 0.307 e. The van der Waals surface area contributed by atoms with E-state index in [1.807, 2.05) is 0 Å². The minimum Gasteiger partial charge on any atom is -0.469 e. The van der Waals surface area contributed by atoms with E-state index in [0.29, 0.717) is 12.5 Å². The van der Waals surface area contributed by atoms with E-state index < -0.39 is 0 Å². The molecule has 0 radical (unpaired) electrons. The Morgan fingerprint density at radius 2 is 2.24 bits per heavy atom. The molecule has 1 aromatic carbocycles. The molecule has 1 heterocycles. The first-order valence-electron chi connectivity index (χ1n) is 6.17. The van der Waals surface area contributed by atoms with Gasteiger partial charge in [-0.15, -0.1) is 0 Å². The summed E-state index contributed by atoms with van der Waals surface area (Å²) in [7, 11) is 1.44. The highest BCUT2D eigenvalue weighted by molar-refractivity contribution is 5.70. The van der Waals surface area contributed by atoms with Gasteiger partial charge in [0.2, 0.25) is 0 Å². The minimum absolute atomic E-state index is 0.135. The number of anilines is 1. The molecule has 0 amide bonds. The number of rotatable bonds is 4. The summed E-state index contributed by atoms with van der Waals surface area (Å²) in [6.07, 6.45) is 2.66. The van der Waals surface area contributed by atoms with Crippen LogP contribution in [0.3, 0.4) is 0 Å². The summed E-state index contributed by atoms with van der Waals surface area (Å²) in [5, 5.41) is 0. The number of fused-ring (bicyclic) bond motifs is 1. The number of benzene rings is 1. The van der Waals surface area contributed by atoms with Gasteiger partial charge in [-0.1, -0.05) is 25.1 Å². The Labute approximate surface area is 102 Å². The van der Waals surface area contributed by atoms with E-state index in [0.717, 1.165) is 19.4 Å².